The molecule has 76 valence electrons. The predicted molar refractivity (Wildman–Crippen MR) is 52.2 cm³/mol. The number of aliphatic hydroxyl groups excluding tert-OH is 1. The van der Waals surface area contributed by atoms with Crippen LogP contribution in [-0.2, 0) is 6.42 Å². The number of phenols is 2. The molecule has 0 aliphatic heterocycles. The van der Waals surface area contributed by atoms with Crippen molar-refractivity contribution in [3.63, 3.8) is 0 Å². The maximum Gasteiger partial charge on any atom is 0.122 e. The molecule has 1 aromatic carbocycles. The third kappa shape index (κ3) is 1.68. The van der Waals surface area contributed by atoms with Gasteiger partial charge in [0.1, 0.15) is 11.5 Å². The lowest BCUT2D eigenvalue weighted by Gasteiger charge is -2.12. The summed E-state index contributed by atoms with van der Waals surface area (Å²) in [6.45, 7) is 0.174. The standard InChI is InChI=1S/C11H14O3/c12-7-11(3-4-11)6-8-1-2-9(13)5-10(8)14/h1-2,5,12-14H,3-4,6-7H2. The maximum absolute atomic E-state index is 9.54. The van der Waals surface area contributed by atoms with Crippen LogP contribution in [0.25, 0.3) is 0 Å². The molecule has 0 saturated heterocycles. The Kier molecular flexibility index (Phi) is 2.11. The molecule has 0 atom stereocenters. The van der Waals surface area contributed by atoms with E-state index >= 15 is 0 Å². The summed E-state index contributed by atoms with van der Waals surface area (Å²) >= 11 is 0. The van der Waals surface area contributed by atoms with Crippen molar-refractivity contribution in [3.05, 3.63) is 23.8 Å². The van der Waals surface area contributed by atoms with Crippen LogP contribution in [-0.4, -0.2) is 21.9 Å². The normalized spacial score (nSPS) is 18.1. The minimum Gasteiger partial charge on any atom is -0.508 e. The van der Waals surface area contributed by atoms with Crippen LogP contribution in [0.2, 0.25) is 0 Å². The van der Waals surface area contributed by atoms with Gasteiger partial charge in [0.25, 0.3) is 0 Å². The molecule has 1 aliphatic carbocycles. The summed E-state index contributed by atoms with van der Waals surface area (Å²) in [5.41, 5.74) is 0.795. The zero-order valence-electron chi connectivity index (χ0n) is 7.90. The molecule has 0 radical (unpaired) electrons. The predicted octanol–water partition coefficient (Wildman–Crippen LogP) is 1.41. The summed E-state index contributed by atoms with van der Waals surface area (Å²) in [5, 5.41) is 27.8. The topological polar surface area (TPSA) is 60.7 Å². The van der Waals surface area contributed by atoms with Gasteiger partial charge < -0.3 is 15.3 Å². The third-order valence-corrected chi connectivity index (χ3v) is 2.93. The SMILES string of the molecule is OCC1(Cc2ccc(O)cc2O)CC1. The molecule has 3 N–H and O–H groups in total. The molecule has 1 aliphatic rings. The van der Waals surface area contributed by atoms with Crippen LogP contribution in [0.1, 0.15) is 18.4 Å². The fraction of sp³-hybridized carbons (Fsp3) is 0.455. The van der Waals surface area contributed by atoms with E-state index in [2.05, 4.69) is 0 Å². The van der Waals surface area contributed by atoms with Crippen molar-refractivity contribution in [2.45, 2.75) is 19.3 Å². The average Bonchev–Trinajstić information content (AvgIpc) is 2.91. The maximum atomic E-state index is 9.54. The van der Waals surface area contributed by atoms with Gasteiger partial charge in [-0.2, -0.15) is 0 Å². The van der Waals surface area contributed by atoms with Crippen LogP contribution >= 0.6 is 0 Å². The van der Waals surface area contributed by atoms with E-state index in [9.17, 15) is 5.11 Å². The highest BCUT2D eigenvalue weighted by atomic mass is 16.3. The van der Waals surface area contributed by atoms with Crippen molar-refractivity contribution in [2.75, 3.05) is 6.61 Å². The van der Waals surface area contributed by atoms with Gasteiger partial charge in [-0.3, -0.25) is 0 Å². The molecule has 0 amide bonds. The van der Waals surface area contributed by atoms with E-state index in [0.717, 1.165) is 18.4 Å². The van der Waals surface area contributed by atoms with Crippen LogP contribution in [0.3, 0.4) is 0 Å². The molecule has 3 heteroatoms. The molecule has 0 unspecified atom stereocenters. The highest BCUT2D eigenvalue weighted by molar-refractivity contribution is 5.39. The van der Waals surface area contributed by atoms with E-state index in [-0.39, 0.29) is 23.5 Å². The Hall–Kier alpha value is -1.22. The van der Waals surface area contributed by atoms with Gasteiger partial charge in [-0.15, -0.1) is 0 Å². The molecule has 1 fully saturated rings. The minimum atomic E-state index is -0.00550. The van der Waals surface area contributed by atoms with Crippen LogP contribution in [0.4, 0.5) is 0 Å². The summed E-state index contributed by atoms with van der Waals surface area (Å²) in [6.07, 6.45) is 2.73. The first-order valence-corrected chi connectivity index (χ1v) is 4.77. The number of benzene rings is 1. The second-order valence-corrected chi connectivity index (χ2v) is 4.15. The largest absolute Gasteiger partial charge is 0.508 e. The number of aromatic hydroxyl groups is 2. The summed E-state index contributed by atoms with van der Waals surface area (Å²) < 4.78 is 0. The molecule has 0 bridgehead atoms. The number of hydrogen-bond donors (Lipinski definition) is 3. The molecule has 3 nitrogen and oxygen atoms in total. The average molecular weight is 194 g/mol. The lowest BCUT2D eigenvalue weighted by Crippen LogP contribution is -2.10. The summed E-state index contributed by atoms with van der Waals surface area (Å²) in [7, 11) is 0. The minimum absolute atomic E-state index is 0.00550. The van der Waals surface area contributed by atoms with Gasteiger partial charge in [0.2, 0.25) is 0 Å². The van der Waals surface area contributed by atoms with Gasteiger partial charge >= 0.3 is 0 Å². The van der Waals surface area contributed by atoms with Gasteiger partial charge in [0.15, 0.2) is 0 Å². The first-order valence-electron chi connectivity index (χ1n) is 4.77. The number of hydrogen-bond acceptors (Lipinski definition) is 3. The number of aliphatic hydroxyl groups is 1. The van der Waals surface area contributed by atoms with Crippen molar-refractivity contribution in [3.8, 4) is 11.5 Å². The van der Waals surface area contributed by atoms with Gasteiger partial charge in [0, 0.05) is 12.7 Å². The number of phenolic OH excluding ortho intramolecular Hbond substituents is 2. The van der Waals surface area contributed by atoms with Gasteiger partial charge in [-0.25, -0.2) is 0 Å². The summed E-state index contributed by atoms with van der Waals surface area (Å²) in [5.74, 6) is 0.185. The van der Waals surface area contributed by atoms with Gasteiger partial charge in [0.05, 0.1) is 0 Å². The smallest absolute Gasteiger partial charge is 0.122 e. The fourth-order valence-electron chi connectivity index (χ4n) is 1.67. The molecule has 14 heavy (non-hydrogen) atoms. The zero-order chi connectivity index (χ0) is 10.2. The van der Waals surface area contributed by atoms with Crippen molar-refractivity contribution in [1.29, 1.82) is 0 Å². The van der Waals surface area contributed by atoms with E-state index in [1.807, 2.05) is 0 Å². The molecule has 1 aromatic rings. The van der Waals surface area contributed by atoms with Crippen molar-refractivity contribution < 1.29 is 15.3 Å². The quantitative estimate of drug-likeness (QED) is 0.681. The van der Waals surface area contributed by atoms with Crippen molar-refractivity contribution >= 4 is 0 Å². The Morgan fingerprint density at radius 1 is 1.21 bits per heavy atom. The van der Waals surface area contributed by atoms with Crippen LogP contribution in [0.15, 0.2) is 18.2 Å². The summed E-state index contributed by atoms with van der Waals surface area (Å²) in [6, 6.07) is 4.60. The highest BCUT2D eigenvalue weighted by Crippen LogP contribution is 2.48. The van der Waals surface area contributed by atoms with Gasteiger partial charge in [-0.05, 0) is 36.3 Å². The fourth-order valence-corrected chi connectivity index (χ4v) is 1.67. The lowest BCUT2D eigenvalue weighted by molar-refractivity contribution is 0.210. The van der Waals surface area contributed by atoms with E-state index in [1.165, 1.54) is 6.07 Å². The monoisotopic (exact) mass is 194 g/mol. The Morgan fingerprint density at radius 2 is 1.93 bits per heavy atom. The molecule has 0 spiro atoms. The third-order valence-electron chi connectivity index (χ3n) is 2.93. The second kappa shape index (κ2) is 3.17. The molecular formula is C11H14O3. The number of rotatable bonds is 3. The van der Waals surface area contributed by atoms with Crippen LogP contribution in [0.5, 0.6) is 11.5 Å². The van der Waals surface area contributed by atoms with E-state index in [4.69, 9.17) is 10.2 Å². The molecule has 0 aromatic heterocycles. The van der Waals surface area contributed by atoms with Crippen molar-refractivity contribution in [1.82, 2.24) is 0 Å². The molecule has 2 rings (SSSR count). The van der Waals surface area contributed by atoms with E-state index < -0.39 is 0 Å². The zero-order valence-corrected chi connectivity index (χ0v) is 7.90. The van der Waals surface area contributed by atoms with Crippen LogP contribution < -0.4 is 0 Å². The van der Waals surface area contributed by atoms with Crippen LogP contribution in [0, 0.1) is 5.41 Å². The Bertz CT molecular complexity index is 342. The lowest BCUT2D eigenvalue weighted by atomic mass is 9.97. The van der Waals surface area contributed by atoms with Crippen molar-refractivity contribution in [2.24, 2.45) is 5.41 Å². The Balaban J connectivity index is 2.17. The Morgan fingerprint density at radius 3 is 2.43 bits per heavy atom. The van der Waals surface area contributed by atoms with E-state index in [1.54, 1.807) is 12.1 Å². The second-order valence-electron chi connectivity index (χ2n) is 4.15. The highest BCUT2D eigenvalue weighted by Gasteiger charge is 2.42. The first-order chi connectivity index (χ1) is 6.65. The van der Waals surface area contributed by atoms with E-state index in [0.29, 0.717) is 6.42 Å². The van der Waals surface area contributed by atoms with Gasteiger partial charge in [-0.1, -0.05) is 6.07 Å². The molecular weight excluding hydrogens is 180 g/mol. The Labute approximate surface area is 82.6 Å². The molecule has 1 saturated carbocycles. The summed E-state index contributed by atoms with van der Waals surface area (Å²) in [4.78, 5) is 0. The molecule has 0 heterocycles. The first kappa shape index (κ1) is 9.34.